The number of Topliss-reactive ketones (excluding diaryl/α,β-unsaturated/α-hetero) is 1. The van der Waals surface area contributed by atoms with Crippen molar-refractivity contribution in [2.45, 2.75) is 19.4 Å². The minimum atomic E-state index is -0.0398. The molecule has 1 aliphatic heterocycles. The Morgan fingerprint density at radius 2 is 2.30 bits per heavy atom. The lowest BCUT2D eigenvalue weighted by Gasteiger charge is -2.16. The molecule has 0 amide bonds. The molecule has 2 aromatic rings. The highest BCUT2D eigenvalue weighted by atomic mass is 32.1. The van der Waals surface area contributed by atoms with E-state index in [0.29, 0.717) is 19.6 Å². The van der Waals surface area contributed by atoms with Crippen molar-refractivity contribution in [1.29, 1.82) is 0 Å². The zero-order valence-electron chi connectivity index (χ0n) is 11.5. The Morgan fingerprint density at radius 1 is 1.45 bits per heavy atom. The minimum Gasteiger partial charge on any atom is -0.379 e. The monoisotopic (exact) mass is 290 g/mol. The van der Waals surface area contributed by atoms with Crippen molar-refractivity contribution in [2.24, 2.45) is 5.92 Å². The van der Waals surface area contributed by atoms with Crippen molar-refractivity contribution >= 4 is 27.3 Å². The van der Waals surface area contributed by atoms with Crippen LogP contribution in [0.15, 0.2) is 24.3 Å². The lowest BCUT2D eigenvalue weighted by Crippen LogP contribution is -2.39. The number of hydrogen-bond donors (Lipinski definition) is 1. The summed E-state index contributed by atoms with van der Waals surface area (Å²) < 4.78 is 6.58. The number of para-hydroxylation sites is 1. The number of ketones is 1. The first-order chi connectivity index (χ1) is 9.78. The van der Waals surface area contributed by atoms with Gasteiger partial charge in [0, 0.05) is 6.04 Å². The zero-order valence-corrected chi connectivity index (χ0v) is 12.3. The molecule has 20 heavy (non-hydrogen) atoms. The molecule has 106 valence electrons. The van der Waals surface area contributed by atoms with Crippen LogP contribution in [0.25, 0.3) is 10.2 Å². The van der Waals surface area contributed by atoms with Crippen molar-refractivity contribution in [3.05, 3.63) is 29.3 Å². The van der Waals surface area contributed by atoms with Gasteiger partial charge < -0.3 is 10.1 Å². The summed E-state index contributed by atoms with van der Waals surface area (Å²) in [6.45, 7) is 4.07. The molecule has 2 heterocycles. The van der Waals surface area contributed by atoms with Gasteiger partial charge in [-0.3, -0.25) is 4.79 Å². The normalized spacial score (nSPS) is 22.4. The van der Waals surface area contributed by atoms with E-state index in [4.69, 9.17) is 4.74 Å². The van der Waals surface area contributed by atoms with Crippen molar-refractivity contribution in [3.63, 3.8) is 0 Å². The van der Waals surface area contributed by atoms with Crippen LogP contribution in [-0.4, -0.2) is 36.6 Å². The predicted octanol–water partition coefficient (Wildman–Crippen LogP) is 2.03. The molecule has 1 aromatic heterocycles. The third-order valence-electron chi connectivity index (χ3n) is 3.62. The molecule has 2 unspecified atom stereocenters. The van der Waals surface area contributed by atoms with E-state index in [1.807, 2.05) is 31.2 Å². The van der Waals surface area contributed by atoms with Gasteiger partial charge in [0.15, 0.2) is 0 Å². The molecular formula is C15H18N2O2S. The van der Waals surface area contributed by atoms with E-state index >= 15 is 0 Å². The van der Waals surface area contributed by atoms with Crippen LogP contribution < -0.4 is 5.32 Å². The lowest BCUT2D eigenvalue weighted by molar-refractivity contribution is -0.122. The fourth-order valence-electron chi connectivity index (χ4n) is 2.61. The highest BCUT2D eigenvalue weighted by molar-refractivity contribution is 7.18. The fraction of sp³-hybridized carbons (Fsp3) is 0.467. The number of nitrogens with zero attached hydrogens (tertiary/aromatic N) is 1. The van der Waals surface area contributed by atoms with Crippen LogP contribution >= 0.6 is 11.3 Å². The quantitative estimate of drug-likeness (QED) is 0.915. The SMILES string of the molecule is CCNC1COCC1C(=O)Cc1nc2ccccc2s1. The Labute approximate surface area is 122 Å². The van der Waals surface area contributed by atoms with Crippen LogP contribution in [0.1, 0.15) is 11.9 Å². The summed E-state index contributed by atoms with van der Waals surface area (Å²) in [4.78, 5) is 17.0. The molecule has 4 nitrogen and oxygen atoms in total. The highest BCUT2D eigenvalue weighted by Crippen LogP contribution is 2.24. The van der Waals surface area contributed by atoms with E-state index in [2.05, 4.69) is 10.3 Å². The number of hydrogen-bond acceptors (Lipinski definition) is 5. The number of fused-ring (bicyclic) bond motifs is 1. The Bertz CT molecular complexity index is 578. The van der Waals surface area contributed by atoms with Gasteiger partial charge in [0.05, 0.1) is 35.8 Å². The van der Waals surface area contributed by atoms with Crippen molar-refractivity contribution < 1.29 is 9.53 Å². The minimum absolute atomic E-state index is 0.0398. The number of aromatic nitrogens is 1. The van der Waals surface area contributed by atoms with Gasteiger partial charge in [-0.2, -0.15) is 0 Å². The first-order valence-corrected chi connectivity index (χ1v) is 7.78. The summed E-state index contributed by atoms with van der Waals surface area (Å²) in [5, 5.41) is 4.23. The molecule has 0 bridgehead atoms. The summed E-state index contributed by atoms with van der Waals surface area (Å²) >= 11 is 1.61. The van der Waals surface area contributed by atoms with E-state index in [9.17, 15) is 4.79 Å². The van der Waals surface area contributed by atoms with Crippen LogP contribution in [-0.2, 0) is 16.0 Å². The number of carbonyl (C=O) groups excluding carboxylic acids is 1. The molecule has 1 saturated heterocycles. The van der Waals surface area contributed by atoms with Gasteiger partial charge >= 0.3 is 0 Å². The summed E-state index contributed by atoms with van der Waals surface area (Å²) in [5.41, 5.74) is 0.978. The van der Waals surface area contributed by atoms with Gasteiger partial charge in [-0.1, -0.05) is 19.1 Å². The van der Waals surface area contributed by atoms with Gasteiger partial charge in [0.2, 0.25) is 0 Å². The number of carbonyl (C=O) groups is 1. The molecule has 0 radical (unpaired) electrons. The summed E-state index contributed by atoms with van der Waals surface area (Å²) in [7, 11) is 0. The number of nitrogens with one attached hydrogen (secondary N) is 1. The maximum absolute atomic E-state index is 12.4. The molecule has 0 spiro atoms. The molecule has 0 saturated carbocycles. The Morgan fingerprint density at radius 3 is 3.10 bits per heavy atom. The summed E-state index contributed by atoms with van der Waals surface area (Å²) in [6, 6.07) is 8.15. The Hall–Kier alpha value is -1.30. The Balaban J connectivity index is 1.71. The fourth-order valence-corrected chi connectivity index (χ4v) is 3.59. The third kappa shape index (κ3) is 2.75. The maximum Gasteiger partial charge on any atom is 0.146 e. The van der Waals surface area contributed by atoms with Gasteiger partial charge in [-0.25, -0.2) is 4.98 Å². The molecule has 1 fully saturated rings. The van der Waals surface area contributed by atoms with E-state index in [1.54, 1.807) is 11.3 Å². The number of thiazole rings is 1. The summed E-state index contributed by atoms with van der Waals surface area (Å²) in [5.74, 6) is 0.189. The van der Waals surface area contributed by atoms with Crippen molar-refractivity contribution in [1.82, 2.24) is 10.3 Å². The molecule has 1 aromatic carbocycles. The predicted molar refractivity (Wildman–Crippen MR) is 80.1 cm³/mol. The zero-order chi connectivity index (χ0) is 13.9. The number of rotatable bonds is 5. The van der Waals surface area contributed by atoms with Crippen LogP contribution in [0.4, 0.5) is 0 Å². The highest BCUT2D eigenvalue weighted by Gasteiger charge is 2.33. The van der Waals surface area contributed by atoms with E-state index < -0.39 is 0 Å². The Kier molecular flexibility index (Phi) is 4.10. The van der Waals surface area contributed by atoms with Crippen LogP contribution in [0, 0.1) is 5.92 Å². The smallest absolute Gasteiger partial charge is 0.146 e. The van der Waals surface area contributed by atoms with Crippen LogP contribution in [0.2, 0.25) is 0 Å². The van der Waals surface area contributed by atoms with Gasteiger partial charge in [-0.15, -0.1) is 11.3 Å². The van der Waals surface area contributed by atoms with Gasteiger partial charge in [0.1, 0.15) is 10.8 Å². The van der Waals surface area contributed by atoms with Gasteiger partial charge in [0.25, 0.3) is 0 Å². The van der Waals surface area contributed by atoms with Crippen LogP contribution in [0.5, 0.6) is 0 Å². The number of ether oxygens (including phenoxy) is 1. The maximum atomic E-state index is 12.4. The molecule has 3 rings (SSSR count). The topological polar surface area (TPSA) is 51.2 Å². The molecule has 1 aliphatic rings. The molecule has 1 N–H and O–H groups in total. The van der Waals surface area contributed by atoms with E-state index in [1.165, 1.54) is 0 Å². The van der Waals surface area contributed by atoms with Crippen LogP contribution in [0.3, 0.4) is 0 Å². The second-order valence-electron chi connectivity index (χ2n) is 5.03. The number of likely N-dealkylation sites (N-methyl/N-ethyl adjacent to an activating group) is 1. The average molecular weight is 290 g/mol. The number of benzene rings is 1. The first-order valence-electron chi connectivity index (χ1n) is 6.96. The van der Waals surface area contributed by atoms with E-state index in [-0.39, 0.29) is 17.7 Å². The molecule has 0 aliphatic carbocycles. The largest absolute Gasteiger partial charge is 0.379 e. The summed E-state index contributed by atoms with van der Waals surface area (Å²) in [6.07, 6.45) is 0.412. The standard InChI is InChI=1S/C15H18N2O2S/c1-2-16-12-9-19-8-10(12)13(18)7-15-17-11-5-3-4-6-14(11)20-15/h3-6,10,12,16H,2,7-9H2,1H3. The average Bonchev–Trinajstić information content (AvgIpc) is 3.04. The third-order valence-corrected chi connectivity index (χ3v) is 4.66. The lowest BCUT2D eigenvalue weighted by atomic mass is 9.96. The van der Waals surface area contributed by atoms with E-state index in [0.717, 1.165) is 21.8 Å². The molecule has 5 heteroatoms. The first kappa shape index (κ1) is 13.7. The van der Waals surface area contributed by atoms with Crippen molar-refractivity contribution in [3.8, 4) is 0 Å². The molecular weight excluding hydrogens is 272 g/mol. The van der Waals surface area contributed by atoms with Gasteiger partial charge in [-0.05, 0) is 18.7 Å². The molecule has 2 atom stereocenters. The van der Waals surface area contributed by atoms with Crippen molar-refractivity contribution in [2.75, 3.05) is 19.8 Å². The second kappa shape index (κ2) is 5.99. The second-order valence-corrected chi connectivity index (χ2v) is 6.14.